The molecule has 0 saturated carbocycles. The van der Waals surface area contributed by atoms with Gasteiger partial charge in [0, 0.05) is 48.6 Å². The number of aromatic hydroxyl groups is 2. The number of H-pyrrole nitrogens is 1. The van der Waals surface area contributed by atoms with E-state index >= 15 is 0 Å². The van der Waals surface area contributed by atoms with Crippen LogP contribution >= 0.6 is 0 Å². The van der Waals surface area contributed by atoms with E-state index in [0.29, 0.717) is 17.0 Å². The number of aliphatic imine (C=N–C) groups is 1. The lowest BCUT2D eigenvalue weighted by Crippen LogP contribution is -2.42. The number of nitrogens with zero attached hydrogens (tertiary/aromatic N) is 2. The molecule has 0 aliphatic carbocycles. The predicted octanol–water partition coefficient (Wildman–Crippen LogP) is 0.832. The average molecular weight is 360 g/mol. The van der Waals surface area contributed by atoms with Crippen LogP contribution < -0.4 is 5.32 Å². The Morgan fingerprint density at radius 1 is 1.35 bits per heavy atom. The summed E-state index contributed by atoms with van der Waals surface area (Å²) < 4.78 is 0. The SMILES string of the molecule is C/C(=N\CCC(=O)NC(Cc1cnc[nH]1)C(=O)O)c1ccc(O)cc1O. The van der Waals surface area contributed by atoms with E-state index in [0.717, 1.165) is 0 Å². The first kappa shape index (κ1) is 19.0. The van der Waals surface area contributed by atoms with Gasteiger partial charge in [-0.15, -0.1) is 0 Å². The summed E-state index contributed by atoms with van der Waals surface area (Å²) in [5.74, 6) is -1.75. The summed E-state index contributed by atoms with van der Waals surface area (Å²) in [6, 6.07) is 3.09. The number of imidazole rings is 1. The topological polar surface area (TPSA) is 148 Å². The summed E-state index contributed by atoms with van der Waals surface area (Å²) in [4.78, 5) is 34.0. The highest BCUT2D eigenvalue weighted by Crippen LogP contribution is 2.23. The Morgan fingerprint density at radius 3 is 2.73 bits per heavy atom. The number of nitrogens with one attached hydrogen (secondary N) is 2. The predicted molar refractivity (Wildman–Crippen MR) is 93.3 cm³/mol. The smallest absolute Gasteiger partial charge is 0.326 e. The van der Waals surface area contributed by atoms with Crippen molar-refractivity contribution >= 4 is 17.6 Å². The molecule has 0 aliphatic heterocycles. The molecule has 0 spiro atoms. The van der Waals surface area contributed by atoms with Gasteiger partial charge in [0.25, 0.3) is 0 Å². The van der Waals surface area contributed by atoms with Crippen LogP contribution in [0.25, 0.3) is 0 Å². The molecule has 5 N–H and O–H groups in total. The lowest BCUT2D eigenvalue weighted by Gasteiger charge is -2.13. The maximum atomic E-state index is 12.0. The zero-order valence-electron chi connectivity index (χ0n) is 14.1. The van der Waals surface area contributed by atoms with Crippen molar-refractivity contribution < 1.29 is 24.9 Å². The molecule has 1 unspecified atom stereocenters. The van der Waals surface area contributed by atoms with Gasteiger partial charge in [0.15, 0.2) is 0 Å². The number of benzene rings is 1. The third kappa shape index (κ3) is 5.33. The first-order valence-corrected chi connectivity index (χ1v) is 7.89. The van der Waals surface area contributed by atoms with E-state index in [2.05, 4.69) is 20.3 Å². The fourth-order valence-electron chi connectivity index (χ4n) is 2.32. The van der Waals surface area contributed by atoms with Gasteiger partial charge in [-0.1, -0.05) is 0 Å². The van der Waals surface area contributed by atoms with E-state index in [9.17, 15) is 24.9 Å². The molecule has 0 saturated heterocycles. The van der Waals surface area contributed by atoms with E-state index in [-0.39, 0.29) is 30.9 Å². The molecule has 1 atom stereocenters. The Bertz CT molecular complexity index is 801. The van der Waals surface area contributed by atoms with Crippen LogP contribution in [0.5, 0.6) is 11.5 Å². The summed E-state index contributed by atoms with van der Waals surface area (Å²) in [6.07, 6.45) is 3.04. The second-order valence-electron chi connectivity index (χ2n) is 5.66. The van der Waals surface area contributed by atoms with Crippen LogP contribution in [0.4, 0.5) is 0 Å². The first-order valence-electron chi connectivity index (χ1n) is 7.89. The number of carbonyl (C=O) groups is 2. The summed E-state index contributed by atoms with van der Waals surface area (Å²) in [6.45, 7) is 1.80. The number of carbonyl (C=O) groups excluding carboxylic acids is 1. The molecule has 1 aromatic carbocycles. The fraction of sp³-hybridized carbons (Fsp3) is 0.294. The normalized spacial score (nSPS) is 12.6. The monoisotopic (exact) mass is 360 g/mol. The van der Waals surface area contributed by atoms with Crippen LogP contribution in [0, 0.1) is 0 Å². The van der Waals surface area contributed by atoms with Gasteiger partial charge >= 0.3 is 5.97 Å². The molecule has 9 nitrogen and oxygen atoms in total. The van der Waals surface area contributed by atoms with Gasteiger partial charge in [0.1, 0.15) is 17.5 Å². The molecule has 0 aliphatic rings. The van der Waals surface area contributed by atoms with Gasteiger partial charge < -0.3 is 25.6 Å². The summed E-state index contributed by atoms with van der Waals surface area (Å²) in [5, 5.41) is 30.7. The number of aliphatic carboxylic acids is 1. The number of phenolic OH excluding ortho intramolecular Hbond substituents is 2. The molecule has 1 aromatic heterocycles. The van der Waals surface area contributed by atoms with Crippen LogP contribution in [0.1, 0.15) is 24.6 Å². The minimum absolute atomic E-state index is 0.00292. The molecule has 0 bridgehead atoms. The van der Waals surface area contributed by atoms with E-state index in [4.69, 9.17) is 0 Å². The Balaban J connectivity index is 1.89. The Hall–Kier alpha value is -3.36. The number of carboxylic acid groups (broad SMARTS) is 1. The highest BCUT2D eigenvalue weighted by atomic mass is 16.4. The Kier molecular flexibility index (Phi) is 6.31. The molecule has 1 heterocycles. The van der Waals surface area contributed by atoms with Gasteiger partial charge in [-0.25, -0.2) is 9.78 Å². The zero-order chi connectivity index (χ0) is 19.1. The van der Waals surface area contributed by atoms with Gasteiger partial charge in [-0.2, -0.15) is 0 Å². The Labute approximate surface area is 149 Å². The summed E-state index contributed by atoms with van der Waals surface area (Å²) >= 11 is 0. The van der Waals surface area contributed by atoms with Crippen molar-refractivity contribution in [1.82, 2.24) is 15.3 Å². The minimum atomic E-state index is -1.14. The Morgan fingerprint density at radius 2 is 2.12 bits per heavy atom. The molecule has 2 aromatic rings. The van der Waals surface area contributed by atoms with Gasteiger partial charge in [-0.05, 0) is 19.1 Å². The standard InChI is InChI=1S/C17H20N4O5/c1-10(13-3-2-12(22)7-15(13)23)19-5-4-16(24)21-14(17(25)26)6-11-8-18-9-20-11/h2-3,7-9,14,22-23H,4-6H2,1H3,(H,18,20)(H,21,24)(H,25,26)/b19-10+. The van der Waals surface area contributed by atoms with Crippen molar-refractivity contribution in [2.75, 3.05) is 6.54 Å². The van der Waals surface area contributed by atoms with E-state index < -0.39 is 17.9 Å². The van der Waals surface area contributed by atoms with Crippen molar-refractivity contribution in [2.45, 2.75) is 25.8 Å². The molecule has 9 heteroatoms. The molecule has 1 amide bonds. The van der Waals surface area contributed by atoms with E-state index in [1.807, 2.05) is 0 Å². The van der Waals surface area contributed by atoms with Crippen LogP contribution in [-0.2, 0) is 16.0 Å². The lowest BCUT2D eigenvalue weighted by molar-refractivity contribution is -0.141. The number of amides is 1. The van der Waals surface area contributed by atoms with Crippen molar-refractivity contribution in [1.29, 1.82) is 0 Å². The molecular formula is C17H20N4O5. The number of carboxylic acids is 1. The van der Waals surface area contributed by atoms with Gasteiger partial charge in [-0.3, -0.25) is 9.79 Å². The summed E-state index contributed by atoms with van der Waals surface area (Å²) in [7, 11) is 0. The van der Waals surface area contributed by atoms with Crippen LogP contribution in [0.15, 0.2) is 35.7 Å². The number of rotatable bonds is 8. The van der Waals surface area contributed by atoms with Crippen LogP contribution in [-0.4, -0.2) is 55.5 Å². The molecule has 26 heavy (non-hydrogen) atoms. The van der Waals surface area contributed by atoms with Crippen molar-refractivity contribution in [3.8, 4) is 11.5 Å². The largest absolute Gasteiger partial charge is 0.508 e. The molecule has 2 rings (SSSR count). The summed E-state index contributed by atoms with van der Waals surface area (Å²) in [5.41, 5.74) is 1.56. The van der Waals surface area contributed by atoms with E-state index in [1.165, 1.54) is 30.7 Å². The van der Waals surface area contributed by atoms with Crippen molar-refractivity contribution in [3.05, 3.63) is 42.0 Å². The zero-order valence-corrected chi connectivity index (χ0v) is 14.1. The van der Waals surface area contributed by atoms with Crippen LogP contribution in [0.2, 0.25) is 0 Å². The van der Waals surface area contributed by atoms with Crippen molar-refractivity contribution in [3.63, 3.8) is 0 Å². The highest BCUT2D eigenvalue weighted by molar-refractivity contribution is 6.01. The van der Waals surface area contributed by atoms with E-state index in [1.54, 1.807) is 6.92 Å². The third-order valence-corrected chi connectivity index (χ3v) is 3.67. The quantitative estimate of drug-likeness (QED) is 0.440. The lowest BCUT2D eigenvalue weighted by atomic mass is 10.1. The first-order chi connectivity index (χ1) is 12.4. The number of hydrogen-bond donors (Lipinski definition) is 5. The minimum Gasteiger partial charge on any atom is -0.508 e. The number of hydrogen-bond acceptors (Lipinski definition) is 6. The maximum Gasteiger partial charge on any atom is 0.326 e. The average Bonchev–Trinajstić information content (AvgIpc) is 3.07. The maximum absolute atomic E-state index is 12.0. The second kappa shape index (κ2) is 8.65. The van der Waals surface area contributed by atoms with Gasteiger partial charge in [0.2, 0.25) is 5.91 Å². The fourth-order valence-corrected chi connectivity index (χ4v) is 2.32. The molecule has 0 radical (unpaired) electrons. The molecule has 0 fully saturated rings. The van der Waals surface area contributed by atoms with Crippen molar-refractivity contribution in [2.24, 2.45) is 4.99 Å². The number of phenols is 2. The second-order valence-corrected chi connectivity index (χ2v) is 5.66. The number of aromatic amines is 1. The third-order valence-electron chi connectivity index (χ3n) is 3.67. The highest BCUT2D eigenvalue weighted by Gasteiger charge is 2.20. The van der Waals surface area contributed by atoms with Gasteiger partial charge in [0.05, 0.1) is 6.33 Å². The van der Waals surface area contributed by atoms with Crippen LogP contribution in [0.3, 0.4) is 0 Å². The molecule has 138 valence electrons. The number of aromatic nitrogens is 2. The molecular weight excluding hydrogens is 340 g/mol.